The zero-order valence-corrected chi connectivity index (χ0v) is 9.74. The number of hydrogen-bond acceptors (Lipinski definition) is 4. The smallest absolute Gasteiger partial charge is 0.146 e. The summed E-state index contributed by atoms with van der Waals surface area (Å²) in [5.41, 5.74) is 5.19. The number of halogens is 1. The summed E-state index contributed by atoms with van der Waals surface area (Å²) in [7, 11) is 0. The van der Waals surface area contributed by atoms with Gasteiger partial charge in [0.1, 0.15) is 12.0 Å². The van der Waals surface area contributed by atoms with Crippen LogP contribution in [0, 0.1) is 5.92 Å². The lowest BCUT2D eigenvalue weighted by Gasteiger charge is -2.14. The largest absolute Gasteiger partial charge is 0.396 e. The second-order valence-corrected chi connectivity index (χ2v) is 3.87. The third kappa shape index (κ3) is 6.48. The molecule has 0 spiro atoms. The van der Waals surface area contributed by atoms with Crippen LogP contribution in [0.5, 0.6) is 0 Å². The third-order valence-corrected chi connectivity index (χ3v) is 2.66. The van der Waals surface area contributed by atoms with Crippen molar-refractivity contribution in [1.82, 2.24) is 0 Å². The number of rotatable bonds is 8. The highest BCUT2D eigenvalue weighted by Crippen LogP contribution is 2.16. The number of carbonyl (C=O) groups is 1. The molecule has 0 heterocycles. The summed E-state index contributed by atoms with van der Waals surface area (Å²) in [5, 5.41) is 17.9. The molecule has 0 aliphatic heterocycles. The maximum absolute atomic E-state index is 11.4. The highest BCUT2D eigenvalue weighted by atomic mass is 79.9. The van der Waals surface area contributed by atoms with Gasteiger partial charge in [0.05, 0.1) is 5.33 Å². The lowest BCUT2D eigenvalue weighted by atomic mass is 9.94. The number of carbonyl (C=O) groups excluding carboxylic acids is 1. The molecule has 2 atom stereocenters. The van der Waals surface area contributed by atoms with E-state index < -0.39 is 6.23 Å². The van der Waals surface area contributed by atoms with Crippen LogP contribution in [-0.4, -0.2) is 34.2 Å². The Morgan fingerprint density at radius 1 is 1.36 bits per heavy atom. The van der Waals surface area contributed by atoms with Crippen LogP contribution in [0.2, 0.25) is 0 Å². The van der Waals surface area contributed by atoms with Gasteiger partial charge in [0.2, 0.25) is 0 Å². The number of aliphatic hydroxyl groups is 2. The summed E-state index contributed by atoms with van der Waals surface area (Å²) >= 11 is 3.11. The SMILES string of the molecule is NC(O)CCC(CCCO)C(=O)CBr. The monoisotopic (exact) mass is 267 g/mol. The van der Waals surface area contributed by atoms with E-state index in [-0.39, 0.29) is 18.3 Å². The average Bonchev–Trinajstić information content (AvgIpc) is 2.16. The van der Waals surface area contributed by atoms with Gasteiger partial charge in [-0.25, -0.2) is 0 Å². The number of aliphatic hydroxyl groups excluding tert-OH is 2. The Kier molecular flexibility index (Phi) is 8.37. The Hall–Kier alpha value is 0.0300. The quantitative estimate of drug-likeness (QED) is 0.439. The molecule has 0 aromatic heterocycles. The van der Waals surface area contributed by atoms with Crippen molar-refractivity contribution in [2.75, 3.05) is 11.9 Å². The summed E-state index contributed by atoms with van der Waals surface area (Å²) in [4.78, 5) is 11.4. The molecule has 84 valence electrons. The predicted molar refractivity (Wildman–Crippen MR) is 58.0 cm³/mol. The van der Waals surface area contributed by atoms with Crippen molar-refractivity contribution < 1.29 is 15.0 Å². The van der Waals surface area contributed by atoms with E-state index in [2.05, 4.69) is 15.9 Å². The van der Waals surface area contributed by atoms with Gasteiger partial charge in [0.15, 0.2) is 0 Å². The van der Waals surface area contributed by atoms with E-state index in [9.17, 15) is 4.79 Å². The number of hydrogen-bond donors (Lipinski definition) is 3. The fourth-order valence-electron chi connectivity index (χ4n) is 1.29. The number of Topliss-reactive ketones (excluding diaryl/α,β-unsaturated/α-hetero) is 1. The number of alkyl halides is 1. The van der Waals surface area contributed by atoms with Crippen molar-refractivity contribution in [1.29, 1.82) is 0 Å². The molecule has 4 N–H and O–H groups in total. The molecule has 0 aromatic rings. The Morgan fingerprint density at radius 2 is 2.00 bits per heavy atom. The van der Waals surface area contributed by atoms with E-state index in [0.29, 0.717) is 31.0 Å². The minimum absolute atomic E-state index is 0.0945. The van der Waals surface area contributed by atoms with Gasteiger partial charge in [-0.1, -0.05) is 15.9 Å². The van der Waals surface area contributed by atoms with E-state index in [1.165, 1.54) is 0 Å². The number of nitrogens with two attached hydrogens (primary N) is 1. The van der Waals surface area contributed by atoms with E-state index in [1.54, 1.807) is 0 Å². The van der Waals surface area contributed by atoms with Crippen LogP contribution in [0.4, 0.5) is 0 Å². The Bertz CT molecular complexity index is 164. The first-order chi connectivity index (χ1) is 6.61. The molecule has 0 aliphatic rings. The Balaban J connectivity index is 3.90. The van der Waals surface area contributed by atoms with E-state index >= 15 is 0 Å². The Morgan fingerprint density at radius 3 is 2.43 bits per heavy atom. The van der Waals surface area contributed by atoms with Crippen LogP contribution < -0.4 is 5.73 Å². The summed E-state index contributed by atoms with van der Waals surface area (Å²) in [6.07, 6.45) is 1.43. The van der Waals surface area contributed by atoms with Crippen molar-refractivity contribution in [3.05, 3.63) is 0 Å². The van der Waals surface area contributed by atoms with Gasteiger partial charge in [-0.3, -0.25) is 4.79 Å². The third-order valence-electron chi connectivity index (χ3n) is 2.11. The molecule has 2 unspecified atom stereocenters. The highest BCUT2D eigenvalue weighted by molar-refractivity contribution is 9.09. The second-order valence-electron chi connectivity index (χ2n) is 3.31. The van der Waals surface area contributed by atoms with E-state index in [4.69, 9.17) is 15.9 Å². The second kappa shape index (κ2) is 8.35. The zero-order valence-electron chi connectivity index (χ0n) is 8.16. The molecule has 0 fully saturated rings. The molecule has 0 amide bonds. The van der Waals surface area contributed by atoms with Crippen molar-refractivity contribution >= 4 is 21.7 Å². The van der Waals surface area contributed by atoms with Crippen LogP contribution in [0.3, 0.4) is 0 Å². The maximum Gasteiger partial charge on any atom is 0.146 e. The van der Waals surface area contributed by atoms with Gasteiger partial charge in [0.25, 0.3) is 0 Å². The molecular weight excluding hydrogens is 250 g/mol. The fraction of sp³-hybridized carbons (Fsp3) is 0.889. The Labute approximate surface area is 92.6 Å². The molecule has 4 nitrogen and oxygen atoms in total. The maximum atomic E-state index is 11.4. The van der Waals surface area contributed by atoms with Gasteiger partial charge < -0.3 is 15.9 Å². The van der Waals surface area contributed by atoms with E-state index in [0.717, 1.165) is 0 Å². The van der Waals surface area contributed by atoms with Crippen LogP contribution in [-0.2, 0) is 4.79 Å². The molecule has 0 bridgehead atoms. The summed E-state index contributed by atoms with van der Waals surface area (Å²) in [6.45, 7) is 0.0945. The van der Waals surface area contributed by atoms with Gasteiger partial charge in [-0.2, -0.15) is 0 Å². The summed E-state index contributed by atoms with van der Waals surface area (Å²) in [6, 6.07) is 0. The first kappa shape index (κ1) is 14.0. The molecule has 0 saturated heterocycles. The fourth-order valence-corrected chi connectivity index (χ4v) is 1.74. The number of ketones is 1. The summed E-state index contributed by atoms with van der Waals surface area (Å²) < 4.78 is 0. The summed E-state index contributed by atoms with van der Waals surface area (Å²) in [5.74, 6) is 0.0128. The molecular formula is C9H18BrNO3. The lowest BCUT2D eigenvalue weighted by Crippen LogP contribution is -2.23. The predicted octanol–water partition coefficient (Wildman–Crippen LogP) is 0.396. The van der Waals surface area contributed by atoms with E-state index in [1.807, 2.05) is 0 Å². The van der Waals surface area contributed by atoms with Gasteiger partial charge in [-0.15, -0.1) is 0 Å². The zero-order chi connectivity index (χ0) is 11.0. The van der Waals surface area contributed by atoms with Crippen molar-refractivity contribution in [3.8, 4) is 0 Å². The van der Waals surface area contributed by atoms with Crippen LogP contribution in [0.1, 0.15) is 25.7 Å². The van der Waals surface area contributed by atoms with Crippen molar-refractivity contribution in [2.45, 2.75) is 31.9 Å². The molecule has 5 heteroatoms. The van der Waals surface area contributed by atoms with Gasteiger partial charge in [0, 0.05) is 12.5 Å². The normalized spacial score (nSPS) is 15.1. The molecule has 0 rings (SSSR count). The van der Waals surface area contributed by atoms with Crippen molar-refractivity contribution in [2.24, 2.45) is 11.7 Å². The van der Waals surface area contributed by atoms with Crippen molar-refractivity contribution in [3.63, 3.8) is 0 Å². The first-order valence-corrected chi connectivity index (χ1v) is 5.87. The van der Waals surface area contributed by atoms with Gasteiger partial charge >= 0.3 is 0 Å². The molecule has 14 heavy (non-hydrogen) atoms. The molecule has 0 radical (unpaired) electrons. The average molecular weight is 268 g/mol. The molecule has 0 aliphatic carbocycles. The highest BCUT2D eigenvalue weighted by Gasteiger charge is 2.17. The lowest BCUT2D eigenvalue weighted by molar-refractivity contribution is -0.120. The standard InChI is InChI=1S/C9H18BrNO3/c10-6-8(13)7(2-1-5-12)3-4-9(11)14/h7,9,12,14H,1-6,11H2. The molecule has 0 aromatic carbocycles. The van der Waals surface area contributed by atoms with Gasteiger partial charge in [-0.05, 0) is 25.7 Å². The van der Waals surface area contributed by atoms with Crippen LogP contribution in [0.25, 0.3) is 0 Å². The van der Waals surface area contributed by atoms with Crippen LogP contribution in [0.15, 0.2) is 0 Å². The minimum Gasteiger partial charge on any atom is -0.396 e. The molecule has 0 saturated carbocycles. The minimum atomic E-state index is -0.852. The van der Waals surface area contributed by atoms with Crippen LogP contribution >= 0.6 is 15.9 Å². The first-order valence-electron chi connectivity index (χ1n) is 4.75. The topological polar surface area (TPSA) is 83.6 Å².